The molecule has 1 atom stereocenters. The minimum absolute atomic E-state index is 0.177. The van der Waals surface area contributed by atoms with Gasteiger partial charge in [0.25, 0.3) is 0 Å². The molecule has 24 heavy (non-hydrogen) atoms. The van der Waals surface area contributed by atoms with Gasteiger partial charge in [-0.1, -0.05) is 19.3 Å². The second kappa shape index (κ2) is 8.37. The number of hydrogen-bond acceptors (Lipinski definition) is 3. The molecular formula is C19H28F2N2O. The van der Waals surface area contributed by atoms with Crippen LogP contribution in [0.25, 0.3) is 0 Å². The van der Waals surface area contributed by atoms with Crippen molar-refractivity contribution < 1.29 is 13.9 Å². The first-order valence-corrected chi connectivity index (χ1v) is 9.20. The molecule has 0 amide bonds. The highest BCUT2D eigenvalue weighted by atomic mass is 19.1. The fourth-order valence-electron chi connectivity index (χ4n) is 4.28. The van der Waals surface area contributed by atoms with Gasteiger partial charge in [-0.05, 0) is 37.5 Å². The van der Waals surface area contributed by atoms with Crippen LogP contribution in [0.1, 0.15) is 44.1 Å². The maximum atomic E-state index is 13.9. The van der Waals surface area contributed by atoms with Crippen molar-refractivity contribution in [1.82, 2.24) is 9.80 Å². The van der Waals surface area contributed by atoms with Crippen LogP contribution < -0.4 is 0 Å². The van der Waals surface area contributed by atoms with Gasteiger partial charge in [0, 0.05) is 50.4 Å². The van der Waals surface area contributed by atoms with E-state index < -0.39 is 0 Å². The van der Waals surface area contributed by atoms with E-state index >= 15 is 0 Å². The number of hydrogen-bond donors (Lipinski definition) is 1. The topological polar surface area (TPSA) is 26.7 Å². The number of piperazine rings is 1. The van der Waals surface area contributed by atoms with E-state index in [4.69, 9.17) is 0 Å². The summed E-state index contributed by atoms with van der Waals surface area (Å²) < 4.78 is 27.3. The maximum Gasteiger partial charge on any atom is 0.127 e. The van der Waals surface area contributed by atoms with E-state index in [1.165, 1.54) is 44.2 Å². The Kier molecular flexibility index (Phi) is 6.19. The Hall–Kier alpha value is -1.04. The van der Waals surface area contributed by atoms with Crippen molar-refractivity contribution in [2.45, 2.75) is 57.2 Å². The molecule has 1 N–H and O–H groups in total. The smallest absolute Gasteiger partial charge is 0.127 e. The van der Waals surface area contributed by atoms with Crippen molar-refractivity contribution in [2.24, 2.45) is 0 Å². The Morgan fingerprint density at radius 2 is 1.88 bits per heavy atom. The summed E-state index contributed by atoms with van der Waals surface area (Å²) in [5.41, 5.74) is 0.420. The third-order valence-electron chi connectivity index (χ3n) is 5.52. The second-order valence-corrected chi connectivity index (χ2v) is 7.17. The minimum atomic E-state index is -0.390. The fraction of sp³-hybridized carbons (Fsp3) is 0.684. The van der Waals surface area contributed by atoms with Gasteiger partial charge in [0.2, 0.25) is 0 Å². The summed E-state index contributed by atoms with van der Waals surface area (Å²) in [4.78, 5) is 4.76. The van der Waals surface area contributed by atoms with Crippen LogP contribution in [0.4, 0.5) is 8.78 Å². The number of benzene rings is 1. The quantitative estimate of drug-likeness (QED) is 0.893. The molecule has 1 heterocycles. The zero-order valence-electron chi connectivity index (χ0n) is 14.3. The molecule has 134 valence electrons. The third kappa shape index (κ3) is 4.32. The van der Waals surface area contributed by atoms with E-state index in [0.29, 0.717) is 24.2 Å². The highest BCUT2D eigenvalue weighted by Gasteiger charge is 2.32. The summed E-state index contributed by atoms with van der Waals surface area (Å²) in [6, 6.07) is 4.60. The summed E-state index contributed by atoms with van der Waals surface area (Å²) in [6.07, 6.45) is 7.18. The lowest BCUT2D eigenvalue weighted by molar-refractivity contribution is 0.0133. The van der Waals surface area contributed by atoms with Gasteiger partial charge in [-0.3, -0.25) is 9.80 Å². The first-order chi connectivity index (χ1) is 11.7. The van der Waals surface area contributed by atoms with E-state index in [-0.39, 0.29) is 18.2 Å². The summed E-state index contributed by atoms with van der Waals surface area (Å²) >= 11 is 0. The Labute approximate surface area is 143 Å². The Morgan fingerprint density at radius 3 is 2.62 bits per heavy atom. The molecule has 1 aromatic rings. The van der Waals surface area contributed by atoms with E-state index in [2.05, 4.69) is 9.80 Å². The molecule has 0 radical (unpaired) electrons. The average Bonchev–Trinajstić information content (AvgIpc) is 2.59. The normalized spacial score (nSPS) is 24.4. The summed E-state index contributed by atoms with van der Waals surface area (Å²) in [7, 11) is 0. The van der Waals surface area contributed by atoms with Crippen molar-refractivity contribution in [3.05, 3.63) is 35.4 Å². The highest BCUT2D eigenvalue weighted by Crippen LogP contribution is 2.27. The maximum absolute atomic E-state index is 13.9. The number of rotatable bonds is 5. The molecule has 3 nitrogen and oxygen atoms in total. The van der Waals surface area contributed by atoms with Crippen LogP contribution in [-0.4, -0.2) is 53.2 Å². The van der Waals surface area contributed by atoms with Gasteiger partial charge in [0.05, 0.1) is 0 Å². The molecule has 3 rings (SSSR count). The van der Waals surface area contributed by atoms with E-state index in [1.807, 2.05) is 0 Å². The van der Waals surface area contributed by atoms with Crippen molar-refractivity contribution in [2.75, 3.05) is 26.2 Å². The van der Waals surface area contributed by atoms with E-state index in [9.17, 15) is 13.9 Å². The molecule has 1 aliphatic heterocycles. The summed E-state index contributed by atoms with van der Waals surface area (Å²) in [5, 5.41) is 9.44. The zero-order valence-corrected chi connectivity index (χ0v) is 14.3. The minimum Gasteiger partial charge on any atom is -0.396 e. The monoisotopic (exact) mass is 338 g/mol. The molecule has 2 fully saturated rings. The van der Waals surface area contributed by atoms with Crippen LogP contribution in [-0.2, 0) is 6.54 Å². The Balaban J connectivity index is 1.64. The third-order valence-corrected chi connectivity index (χ3v) is 5.52. The molecule has 0 bridgehead atoms. The van der Waals surface area contributed by atoms with Gasteiger partial charge in [0.1, 0.15) is 11.6 Å². The predicted octanol–water partition coefficient (Wildman–Crippen LogP) is 3.17. The Bertz CT molecular complexity index is 534. The van der Waals surface area contributed by atoms with Gasteiger partial charge < -0.3 is 5.11 Å². The first-order valence-electron chi connectivity index (χ1n) is 9.20. The van der Waals surface area contributed by atoms with Crippen LogP contribution in [0.15, 0.2) is 18.2 Å². The molecule has 0 unspecified atom stereocenters. The summed E-state index contributed by atoms with van der Waals surface area (Å²) in [5.74, 6) is -0.732. The second-order valence-electron chi connectivity index (χ2n) is 7.17. The van der Waals surface area contributed by atoms with Crippen molar-refractivity contribution in [1.29, 1.82) is 0 Å². The lowest BCUT2D eigenvalue weighted by Gasteiger charge is -2.46. The van der Waals surface area contributed by atoms with Crippen LogP contribution in [0, 0.1) is 11.6 Å². The van der Waals surface area contributed by atoms with Crippen LogP contribution in [0.5, 0.6) is 0 Å². The molecule has 1 saturated carbocycles. The lowest BCUT2D eigenvalue weighted by atomic mass is 9.91. The number of aliphatic hydroxyl groups excluding tert-OH is 1. The zero-order chi connectivity index (χ0) is 16.9. The SMILES string of the molecule is OCC[C@@H]1CN(Cc2cc(F)ccc2F)CCN1C1CCCCC1. The van der Waals surface area contributed by atoms with Gasteiger partial charge in [-0.15, -0.1) is 0 Å². The highest BCUT2D eigenvalue weighted by molar-refractivity contribution is 5.18. The molecule has 5 heteroatoms. The average molecular weight is 338 g/mol. The molecule has 2 aliphatic rings. The van der Waals surface area contributed by atoms with Gasteiger partial charge in [0.15, 0.2) is 0 Å². The van der Waals surface area contributed by atoms with E-state index in [0.717, 1.165) is 32.1 Å². The molecule has 0 aromatic heterocycles. The van der Waals surface area contributed by atoms with Crippen molar-refractivity contribution in [3.63, 3.8) is 0 Å². The largest absolute Gasteiger partial charge is 0.396 e. The molecule has 1 aliphatic carbocycles. The molecular weight excluding hydrogens is 310 g/mol. The molecule has 0 spiro atoms. The van der Waals surface area contributed by atoms with Crippen molar-refractivity contribution in [3.8, 4) is 0 Å². The number of aliphatic hydroxyl groups is 1. The van der Waals surface area contributed by atoms with Crippen LogP contribution >= 0.6 is 0 Å². The molecule has 1 aromatic carbocycles. The fourth-order valence-corrected chi connectivity index (χ4v) is 4.28. The van der Waals surface area contributed by atoms with Gasteiger partial charge >= 0.3 is 0 Å². The Morgan fingerprint density at radius 1 is 1.08 bits per heavy atom. The summed E-state index contributed by atoms with van der Waals surface area (Å²) in [6.45, 7) is 3.24. The molecule has 1 saturated heterocycles. The van der Waals surface area contributed by atoms with Crippen LogP contribution in [0.3, 0.4) is 0 Å². The van der Waals surface area contributed by atoms with Crippen molar-refractivity contribution >= 4 is 0 Å². The number of nitrogens with zero attached hydrogens (tertiary/aromatic N) is 2. The van der Waals surface area contributed by atoms with Gasteiger partial charge in [-0.25, -0.2) is 8.78 Å². The van der Waals surface area contributed by atoms with Gasteiger partial charge in [-0.2, -0.15) is 0 Å². The van der Waals surface area contributed by atoms with E-state index in [1.54, 1.807) is 0 Å². The van der Waals surface area contributed by atoms with Crippen LogP contribution in [0.2, 0.25) is 0 Å². The standard InChI is InChI=1S/C19H28F2N2O/c20-16-6-7-19(21)15(12-16)13-22-9-10-23(18(14-22)8-11-24)17-4-2-1-3-5-17/h6-7,12,17-18,24H,1-5,8-11,13-14H2/t18-/m1/s1. The predicted molar refractivity (Wildman–Crippen MR) is 90.7 cm³/mol. The first kappa shape index (κ1) is 17.8. The lowest BCUT2D eigenvalue weighted by Crippen LogP contribution is -2.56. The number of halogens is 2.